The smallest absolute Gasteiger partial charge is 0.312 e. The zero-order chi connectivity index (χ0) is 14.2. The largest absolute Gasteiger partial charge is 0.464 e. The molecule has 1 aliphatic carbocycles. The maximum Gasteiger partial charge on any atom is 0.312 e. The van der Waals surface area contributed by atoms with Crippen molar-refractivity contribution < 1.29 is 9.53 Å². The molecular weight excluding hydrogens is 228 g/mol. The molecule has 106 valence electrons. The third-order valence-electron chi connectivity index (χ3n) is 3.83. The van der Waals surface area contributed by atoms with Gasteiger partial charge in [0.2, 0.25) is 0 Å². The van der Waals surface area contributed by atoms with E-state index in [1.165, 1.54) is 0 Å². The molecule has 0 spiro atoms. The van der Waals surface area contributed by atoms with Crippen LogP contribution in [0.15, 0.2) is 0 Å². The summed E-state index contributed by atoms with van der Waals surface area (Å²) in [5.41, 5.74) is 5.38. The van der Waals surface area contributed by atoms with Gasteiger partial charge in [0.05, 0.1) is 5.41 Å². The summed E-state index contributed by atoms with van der Waals surface area (Å²) >= 11 is 0. The molecule has 2 N–H and O–H groups in total. The minimum atomic E-state index is -0.377. The van der Waals surface area contributed by atoms with E-state index in [0.29, 0.717) is 13.0 Å². The molecule has 4 heteroatoms. The lowest BCUT2D eigenvalue weighted by molar-refractivity contribution is -0.153. The van der Waals surface area contributed by atoms with E-state index >= 15 is 0 Å². The van der Waals surface area contributed by atoms with Gasteiger partial charge in [-0.25, -0.2) is 0 Å². The number of carbonyl (C=O) groups is 1. The number of hydrogen-bond donors (Lipinski definition) is 1. The van der Waals surface area contributed by atoms with Gasteiger partial charge < -0.3 is 15.4 Å². The van der Waals surface area contributed by atoms with Crippen LogP contribution in [0.1, 0.15) is 40.5 Å². The molecule has 0 heterocycles. The van der Waals surface area contributed by atoms with Crippen LogP contribution in [-0.4, -0.2) is 43.7 Å². The Kier molecular flexibility index (Phi) is 4.13. The summed E-state index contributed by atoms with van der Waals surface area (Å²) < 4.78 is 5.43. The van der Waals surface area contributed by atoms with Gasteiger partial charge in [-0.05, 0) is 46.2 Å². The molecule has 0 aromatic rings. The highest BCUT2D eigenvalue weighted by Gasteiger charge is 2.68. The first-order valence-electron chi connectivity index (χ1n) is 6.61. The molecule has 0 aromatic heterocycles. The van der Waals surface area contributed by atoms with Crippen molar-refractivity contribution in [3.05, 3.63) is 0 Å². The van der Waals surface area contributed by atoms with Gasteiger partial charge in [0.15, 0.2) is 0 Å². The second-order valence-electron chi connectivity index (χ2n) is 7.25. The predicted molar refractivity (Wildman–Crippen MR) is 73.2 cm³/mol. The van der Waals surface area contributed by atoms with E-state index in [-0.39, 0.29) is 22.3 Å². The molecule has 1 saturated carbocycles. The van der Waals surface area contributed by atoms with Crippen LogP contribution in [-0.2, 0) is 9.53 Å². The van der Waals surface area contributed by atoms with Crippen LogP contribution in [0.25, 0.3) is 0 Å². The summed E-state index contributed by atoms with van der Waals surface area (Å²) in [6.07, 6.45) is 1.56. The average molecular weight is 256 g/mol. The van der Waals surface area contributed by atoms with E-state index in [1.54, 1.807) is 0 Å². The molecule has 4 nitrogen and oxygen atoms in total. The highest BCUT2D eigenvalue weighted by atomic mass is 16.5. The van der Waals surface area contributed by atoms with Gasteiger partial charge >= 0.3 is 5.97 Å². The van der Waals surface area contributed by atoms with Crippen LogP contribution in [0.3, 0.4) is 0 Å². The first-order valence-corrected chi connectivity index (χ1v) is 6.61. The van der Waals surface area contributed by atoms with E-state index < -0.39 is 0 Å². The fourth-order valence-electron chi connectivity index (χ4n) is 2.67. The van der Waals surface area contributed by atoms with Crippen LogP contribution in [0.5, 0.6) is 0 Å². The topological polar surface area (TPSA) is 55.6 Å². The molecule has 0 aromatic carbocycles. The van der Waals surface area contributed by atoms with Gasteiger partial charge in [0, 0.05) is 12.1 Å². The molecule has 0 amide bonds. The lowest BCUT2D eigenvalue weighted by Gasteiger charge is -2.27. The van der Waals surface area contributed by atoms with Gasteiger partial charge in [0.1, 0.15) is 6.61 Å². The Labute approximate surface area is 111 Å². The van der Waals surface area contributed by atoms with Gasteiger partial charge in [-0.1, -0.05) is 13.8 Å². The number of hydrogen-bond acceptors (Lipinski definition) is 4. The molecule has 1 rings (SSSR count). The minimum absolute atomic E-state index is 0.0127. The summed E-state index contributed by atoms with van der Waals surface area (Å²) in [6, 6.07) is 0. The van der Waals surface area contributed by atoms with Gasteiger partial charge in [-0.3, -0.25) is 4.79 Å². The van der Waals surface area contributed by atoms with Crippen molar-refractivity contribution in [1.82, 2.24) is 4.90 Å². The second-order valence-corrected chi connectivity index (χ2v) is 7.25. The number of nitrogens with two attached hydrogens (primary N) is 1. The number of rotatable bonds is 6. The predicted octanol–water partition coefficient (Wildman–Crippen LogP) is 1.63. The van der Waals surface area contributed by atoms with Crippen molar-refractivity contribution in [2.75, 3.05) is 27.2 Å². The first-order chi connectivity index (χ1) is 8.00. The van der Waals surface area contributed by atoms with Gasteiger partial charge in [-0.2, -0.15) is 0 Å². The van der Waals surface area contributed by atoms with Crippen LogP contribution in [0.4, 0.5) is 0 Å². The summed E-state index contributed by atoms with van der Waals surface area (Å²) in [5.74, 6) is -0.0760. The first kappa shape index (κ1) is 15.4. The zero-order valence-corrected chi connectivity index (χ0v) is 12.7. The lowest BCUT2D eigenvalue weighted by atomic mass is 9.83. The molecule has 18 heavy (non-hydrogen) atoms. The van der Waals surface area contributed by atoms with Crippen molar-refractivity contribution in [2.45, 2.75) is 46.1 Å². The molecule has 0 bridgehead atoms. The van der Waals surface area contributed by atoms with Crippen molar-refractivity contribution in [3.63, 3.8) is 0 Å². The molecule has 0 aliphatic heterocycles. The summed E-state index contributed by atoms with van der Waals surface area (Å²) in [4.78, 5) is 14.3. The lowest BCUT2D eigenvalue weighted by Crippen LogP contribution is -2.40. The molecule has 1 unspecified atom stereocenters. The normalized spacial score (nSPS) is 26.2. The fraction of sp³-hybridized carbons (Fsp3) is 0.929. The van der Waals surface area contributed by atoms with Gasteiger partial charge in [0.25, 0.3) is 0 Å². The number of esters is 1. The highest BCUT2D eigenvalue weighted by Crippen LogP contribution is 2.67. The molecule has 0 saturated heterocycles. The average Bonchev–Trinajstić information content (AvgIpc) is 2.65. The van der Waals surface area contributed by atoms with E-state index in [0.717, 1.165) is 13.0 Å². The van der Waals surface area contributed by atoms with Crippen LogP contribution in [0.2, 0.25) is 0 Å². The van der Waals surface area contributed by atoms with E-state index in [2.05, 4.69) is 13.8 Å². The standard InChI is InChI=1S/C14H28N2O2/c1-12(2)9-14(12,10-13(3,4)15)11(17)18-8-7-16(5)6/h7-10,15H2,1-6H3. The Bertz CT molecular complexity index is 318. The van der Waals surface area contributed by atoms with Gasteiger partial charge in [-0.15, -0.1) is 0 Å². The molecule has 1 aliphatic rings. The van der Waals surface area contributed by atoms with E-state index in [4.69, 9.17) is 10.5 Å². The Morgan fingerprint density at radius 2 is 1.89 bits per heavy atom. The quantitative estimate of drug-likeness (QED) is 0.734. The third kappa shape index (κ3) is 3.45. The van der Waals surface area contributed by atoms with Crippen LogP contribution < -0.4 is 5.73 Å². The highest BCUT2D eigenvalue weighted by molar-refractivity contribution is 5.82. The Balaban J connectivity index is 2.62. The number of likely N-dealkylation sites (N-methyl/N-ethyl adjacent to an activating group) is 1. The van der Waals surface area contributed by atoms with Crippen molar-refractivity contribution >= 4 is 5.97 Å². The number of carbonyl (C=O) groups excluding carboxylic acids is 1. The van der Waals surface area contributed by atoms with Crippen molar-refractivity contribution in [1.29, 1.82) is 0 Å². The summed E-state index contributed by atoms with van der Waals surface area (Å²) in [7, 11) is 3.93. The van der Waals surface area contributed by atoms with E-state index in [9.17, 15) is 4.79 Å². The van der Waals surface area contributed by atoms with Crippen molar-refractivity contribution in [2.24, 2.45) is 16.6 Å². The van der Waals surface area contributed by atoms with E-state index in [1.807, 2.05) is 32.8 Å². The molecule has 0 radical (unpaired) electrons. The summed E-state index contributed by atoms with van der Waals surface area (Å²) in [5, 5.41) is 0. The maximum atomic E-state index is 12.3. The molecule has 1 atom stereocenters. The number of nitrogens with zero attached hydrogens (tertiary/aromatic N) is 1. The molecule has 1 fully saturated rings. The minimum Gasteiger partial charge on any atom is -0.464 e. The third-order valence-corrected chi connectivity index (χ3v) is 3.83. The number of ether oxygens (including phenoxy) is 1. The van der Waals surface area contributed by atoms with Crippen LogP contribution in [0, 0.1) is 10.8 Å². The fourth-order valence-corrected chi connectivity index (χ4v) is 2.67. The maximum absolute atomic E-state index is 12.3. The Morgan fingerprint density at radius 1 is 1.39 bits per heavy atom. The monoisotopic (exact) mass is 256 g/mol. The summed E-state index contributed by atoms with van der Waals surface area (Å²) in [6.45, 7) is 9.38. The van der Waals surface area contributed by atoms with Crippen LogP contribution >= 0.6 is 0 Å². The second kappa shape index (κ2) is 4.82. The zero-order valence-electron chi connectivity index (χ0n) is 12.7. The Hall–Kier alpha value is -0.610. The SMILES string of the molecule is CN(C)CCOC(=O)C1(CC(C)(C)N)CC1(C)C. The Morgan fingerprint density at radius 3 is 2.22 bits per heavy atom. The van der Waals surface area contributed by atoms with Crippen molar-refractivity contribution in [3.8, 4) is 0 Å². The molecular formula is C14H28N2O2.